The summed E-state index contributed by atoms with van der Waals surface area (Å²) in [7, 11) is 2.35. The van der Waals surface area contributed by atoms with Crippen LogP contribution in [-0.4, -0.2) is 7.85 Å². The van der Waals surface area contributed by atoms with Gasteiger partial charge in [0.05, 0.1) is 0 Å². The molecular weight excluding hydrogens is 167 g/mol. The molecular formula is C13H27B. The quantitative estimate of drug-likeness (QED) is 0.462. The number of rotatable bonds is 2. The monoisotopic (exact) mass is 194 g/mol. The van der Waals surface area contributed by atoms with Gasteiger partial charge < -0.3 is 0 Å². The van der Waals surface area contributed by atoms with Gasteiger partial charge in [-0.2, -0.15) is 0 Å². The van der Waals surface area contributed by atoms with E-state index in [1.54, 1.807) is 0 Å². The number of hydrogen-bond donors (Lipinski definition) is 0. The zero-order valence-electron chi connectivity index (χ0n) is 11.4. The highest BCUT2D eigenvalue weighted by Crippen LogP contribution is 2.54. The zero-order chi connectivity index (χ0) is 11.8. The second-order valence-corrected chi connectivity index (χ2v) is 7.10. The van der Waals surface area contributed by atoms with Crippen molar-refractivity contribution in [1.29, 1.82) is 0 Å². The molecule has 0 fully saturated rings. The summed E-state index contributed by atoms with van der Waals surface area (Å²) in [5, 5.41) is 0.227. The van der Waals surface area contributed by atoms with E-state index >= 15 is 0 Å². The summed E-state index contributed by atoms with van der Waals surface area (Å²) in [6, 6.07) is 0. The molecule has 0 heterocycles. The van der Waals surface area contributed by atoms with Gasteiger partial charge in [-0.15, -0.1) is 6.58 Å². The first-order valence-electron chi connectivity index (χ1n) is 5.56. The van der Waals surface area contributed by atoms with E-state index in [0.29, 0.717) is 5.41 Å². The van der Waals surface area contributed by atoms with Crippen LogP contribution in [0.2, 0.25) is 5.31 Å². The van der Waals surface area contributed by atoms with Crippen molar-refractivity contribution in [2.75, 3.05) is 0 Å². The maximum Gasteiger partial charge on any atom is 0.115 e. The first kappa shape index (κ1) is 13.8. The molecule has 0 bridgehead atoms. The molecule has 1 atom stereocenters. The van der Waals surface area contributed by atoms with Gasteiger partial charge in [0.25, 0.3) is 0 Å². The van der Waals surface area contributed by atoms with Gasteiger partial charge in [0.1, 0.15) is 7.85 Å². The Kier molecular flexibility index (Phi) is 3.70. The summed E-state index contributed by atoms with van der Waals surface area (Å²) < 4.78 is 0. The van der Waals surface area contributed by atoms with Crippen LogP contribution in [0.1, 0.15) is 54.9 Å². The standard InChI is InChI=1S/C13H27B/c1-10(2)13(14,12(6,7)8)9-11(3,4)5/h1,9,14H2,2-8H3. The Hall–Kier alpha value is -0.195. The average molecular weight is 194 g/mol. The minimum absolute atomic E-state index is 0.227. The molecule has 0 aromatic carbocycles. The van der Waals surface area contributed by atoms with Crippen LogP contribution in [0.3, 0.4) is 0 Å². The topological polar surface area (TPSA) is 0 Å². The molecule has 0 amide bonds. The Morgan fingerprint density at radius 1 is 1.07 bits per heavy atom. The molecule has 0 N–H and O–H groups in total. The van der Waals surface area contributed by atoms with Crippen LogP contribution >= 0.6 is 0 Å². The third kappa shape index (κ3) is 3.18. The summed E-state index contributed by atoms with van der Waals surface area (Å²) >= 11 is 0. The van der Waals surface area contributed by atoms with Gasteiger partial charge in [0.2, 0.25) is 0 Å². The Bertz CT molecular complexity index is 214. The molecule has 0 aliphatic rings. The maximum atomic E-state index is 4.18. The Balaban J connectivity index is 5.04. The van der Waals surface area contributed by atoms with Crippen molar-refractivity contribution in [3.63, 3.8) is 0 Å². The lowest BCUT2D eigenvalue weighted by atomic mass is 9.47. The Morgan fingerprint density at radius 3 is 1.50 bits per heavy atom. The van der Waals surface area contributed by atoms with Crippen molar-refractivity contribution >= 4 is 7.85 Å². The van der Waals surface area contributed by atoms with E-state index in [-0.39, 0.29) is 10.7 Å². The number of allylic oxidation sites excluding steroid dienone is 1. The molecule has 0 saturated carbocycles. The van der Waals surface area contributed by atoms with Crippen LogP contribution in [0.5, 0.6) is 0 Å². The minimum Gasteiger partial charge on any atom is -0.100 e. The molecule has 0 saturated heterocycles. The Labute approximate surface area is 91.6 Å². The summed E-state index contributed by atoms with van der Waals surface area (Å²) in [5.74, 6) is 0. The Morgan fingerprint density at radius 2 is 1.43 bits per heavy atom. The van der Waals surface area contributed by atoms with Gasteiger partial charge in [-0.3, -0.25) is 0 Å². The van der Waals surface area contributed by atoms with Crippen molar-refractivity contribution in [3.8, 4) is 0 Å². The molecule has 0 nitrogen and oxygen atoms in total. The summed E-state index contributed by atoms with van der Waals surface area (Å²) in [6.45, 7) is 20.2. The van der Waals surface area contributed by atoms with Gasteiger partial charge >= 0.3 is 0 Å². The van der Waals surface area contributed by atoms with Crippen molar-refractivity contribution in [1.82, 2.24) is 0 Å². The van der Waals surface area contributed by atoms with Gasteiger partial charge in [-0.1, -0.05) is 47.1 Å². The van der Waals surface area contributed by atoms with E-state index in [0.717, 1.165) is 0 Å². The predicted molar refractivity (Wildman–Crippen MR) is 69.6 cm³/mol. The van der Waals surface area contributed by atoms with E-state index in [2.05, 4.69) is 62.9 Å². The molecule has 1 heteroatoms. The van der Waals surface area contributed by atoms with Crippen LogP contribution in [0.15, 0.2) is 12.2 Å². The first-order chi connectivity index (χ1) is 5.90. The fourth-order valence-corrected chi connectivity index (χ4v) is 2.12. The van der Waals surface area contributed by atoms with Gasteiger partial charge in [0, 0.05) is 0 Å². The molecule has 82 valence electrons. The van der Waals surface area contributed by atoms with Crippen LogP contribution in [0, 0.1) is 10.8 Å². The first-order valence-corrected chi connectivity index (χ1v) is 5.56. The molecule has 0 spiro atoms. The average Bonchev–Trinajstić information content (AvgIpc) is 1.79. The second kappa shape index (κ2) is 3.75. The van der Waals surface area contributed by atoms with Crippen LogP contribution in [0.4, 0.5) is 0 Å². The highest BCUT2D eigenvalue weighted by atomic mass is 14.4. The fraction of sp³-hybridized carbons (Fsp3) is 0.846. The van der Waals surface area contributed by atoms with E-state index < -0.39 is 0 Å². The zero-order valence-corrected chi connectivity index (χ0v) is 11.4. The van der Waals surface area contributed by atoms with Crippen molar-refractivity contribution in [2.24, 2.45) is 10.8 Å². The summed E-state index contributed by atoms with van der Waals surface area (Å²) in [5.41, 5.74) is 1.95. The smallest absolute Gasteiger partial charge is 0.100 e. The molecule has 0 rings (SSSR count). The predicted octanol–water partition coefficient (Wildman–Crippen LogP) is 3.84. The van der Waals surface area contributed by atoms with E-state index in [4.69, 9.17) is 0 Å². The summed E-state index contributed by atoms with van der Waals surface area (Å²) in [6.07, 6.45) is 1.19. The third-order valence-corrected chi connectivity index (χ3v) is 3.48. The van der Waals surface area contributed by atoms with E-state index in [1.165, 1.54) is 12.0 Å². The maximum absolute atomic E-state index is 4.18. The van der Waals surface area contributed by atoms with Gasteiger partial charge in [0.15, 0.2) is 0 Å². The van der Waals surface area contributed by atoms with Crippen LogP contribution in [0.25, 0.3) is 0 Å². The van der Waals surface area contributed by atoms with Crippen LogP contribution in [-0.2, 0) is 0 Å². The molecule has 0 aliphatic heterocycles. The van der Waals surface area contributed by atoms with Crippen molar-refractivity contribution < 1.29 is 0 Å². The molecule has 0 aliphatic carbocycles. The minimum atomic E-state index is 0.227. The number of hydrogen-bond acceptors (Lipinski definition) is 0. The summed E-state index contributed by atoms with van der Waals surface area (Å²) in [4.78, 5) is 0. The SMILES string of the molecule is BC(CC(C)(C)C)(C(=C)C)C(C)(C)C. The fourth-order valence-electron chi connectivity index (χ4n) is 2.12. The van der Waals surface area contributed by atoms with E-state index in [9.17, 15) is 0 Å². The van der Waals surface area contributed by atoms with Gasteiger partial charge in [-0.05, 0) is 29.5 Å². The lowest BCUT2D eigenvalue weighted by Gasteiger charge is -2.47. The van der Waals surface area contributed by atoms with Crippen molar-refractivity contribution in [3.05, 3.63) is 12.2 Å². The van der Waals surface area contributed by atoms with Gasteiger partial charge in [-0.25, -0.2) is 0 Å². The largest absolute Gasteiger partial charge is 0.115 e. The molecule has 0 aromatic heterocycles. The molecule has 0 aromatic rings. The van der Waals surface area contributed by atoms with Crippen molar-refractivity contribution in [2.45, 2.75) is 60.2 Å². The highest BCUT2D eigenvalue weighted by molar-refractivity contribution is 6.18. The van der Waals surface area contributed by atoms with Crippen LogP contribution < -0.4 is 0 Å². The third-order valence-electron chi connectivity index (χ3n) is 3.48. The highest BCUT2D eigenvalue weighted by Gasteiger charge is 2.40. The molecule has 14 heavy (non-hydrogen) atoms. The van der Waals surface area contributed by atoms with E-state index in [1.807, 2.05) is 0 Å². The normalized spacial score (nSPS) is 17.6. The molecule has 1 unspecified atom stereocenters. The molecule has 0 radical (unpaired) electrons. The lowest BCUT2D eigenvalue weighted by Crippen LogP contribution is -2.34. The lowest BCUT2D eigenvalue weighted by molar-refractivity contribution is 0.213. The second-order valence-electron chi connectivity index (χ2n) is 7.10.